The van der Waals surface area contributed by atoms with Crippen LogP contribution in [0.1, 0.15) is 21.6 Å². The van der Waals surface area contributed by atoms with E-state index in [1.54, 1.807) is 11.3 Å². The molecule has 1 aromatic carbocycles. The van der Waals surface area contributed by atoms with Crippen molar-refractivity contribution in [2.45, 2.75) is 20.4 Å². The third-order valence-corrected chi connectivity index (χ3v) is 4.62. The minimum Gasteiger partial charge on any atom is -0.287 e. The van der Waals surface area contributed by atoms with Gasteiger partial charge in [0.05, 0.1) is 0 Å². The Balaban J connectivity index is 1.90. The van der Waals surface area contributed by atoms with E-state index in [-0.39, 0.29) is 5.78 Å². The summed E-state index contributed by atoms with van der Waals surface area (Å²) in [6.07, 6.45) is 2.00. The van der Waals surface area contributed by atoms with E-state index in [9.17, 15) is 4.79 Å². The average molecular weight is 282 g/mol. The van der Waals surface area contributed by atoms with E-state index in [4.69, 9.17) is 0 Å². The summed E-state index contributed by atoms with van der Waals surface area (Å²) in [5.74, 6) is 0.147. The molecule has 20 heavy (non-hydrogen) atoms. The largest absolute Gasteiger partial charge is 0.287 e. The van der Waals surface area contributed by atoms with Crippen LogP contribution >= 0.6 is 11.3 Å². The van der Waals surface area contributed by atoms with E-state index in [0.29, 0.717) is 6.54 Å². The number of carbonyl (C=O) groups excluding carboxylic acids is 1. The lowest BCUT2D eigenvalue weighted by Gasteiger charge is -2.02. The van der Waals surface area contributed by atoms with E-state index in [1.807, 2.05) is 42.0 Å². The van der Waals surface area contributed by atoms with Crippen molar-refractivity contribution in [3.8, 4) is 0 Å². The van der Waals surface area contributed by atoms with Crippen molar-refractivity contribution in [1.29, 1.82) is 0 Å². The van der Waals surface area contributed by atoms with Gasteiger partial charge < -0.3 is 0 Å². The normalized spacial score (nSPS) is 10.9. The standard InChI is InChI=1S/C17H16NOS/c1-12-3-5-14(6-4-12)16(19)11-18-9-7-15-8-10-20-17(15)13(18)2/h3-10H,11H2,1-2H3/q+1. The average Bonchev–Trinajstić information content (AvgIpc) is 2.92. The number of hydrogen-bond donors (Lipinski definition) is 0. The molecular weight excluding hydrogens is 266 g/mol. The third-order valence-electron chi connectivity index (χ3n) is 3.58. The van der Waals surface area contributed by atoms with Gasteiger partial charge in [-0.1, -0.05) is 29.8 Å². The lowest BCUT2D eigenvalue weighted by molar-refractivity contribution is -0.687. The van der Waals surface area contributed by atoms with E-state index in [1.165, 1.54) is 15.6 Å². The van der Waals surface area contributed by atoms with Crippen LogP contribution < -0.4 is 4.57 Å². The van der Waals surface area contributed by atoms with Crippen molar-refractivity contribution in [1.82, 2.24) is 0 Å². The molecule has 3 heteroatoms. The summed E-state index contributed by atoms with van der Waals surface area (Å²) in [6, 6.07) is 11.9. The van der Waals surface area contributed by atoms with Crippen LogP contribution in [-0.4, -0.2) is 5.78 Å². The maximum atomic E-state index is 12.3. The first-order valence-corrected chi connectivity index (χ1v) is 7.49. The van der Waals surface area contributed by atoms with Gasteiger partial charge in [-0.3, -0.25) is 4.79 Å². The SMILES string of the molecule is Cc1ccc(C(=O)C[n+]2ccc3ccsc3c2C)cc1. The third kappa shape index (κ3) is 2.37. The van der Waals surface area contributed by atoms with Gasteiger partial charge in [0.25, 0.3) is 0 Å². The lowest BCUT2D eigenvalue weighted by Crippen LogP contribution is -2.40. The molecular formula is C17H16NOS+. The Hall–Kier alpha value is -2.00. The molecule has 2 aromatic heterocycles. The molecule has 3 aromatic rings. The summed E-state index contributed by atoms with van der Waals surface area (Å²) in [6.45, 7) is 4.49. The molecule has 0 saturated carbocycles. The molecule has 0 unspecified atom stereocenters. The second kappa shape index (κ2) is 5.17. The van der Waals surface area contributed by atoms with Gasteiger partial charge in [-0.2, -0.15) is 4.57 Å². The number of rotatable bonds is 3. The number of Topliss-reactive ketones (excluding diaryl/α,β-unsaturated/α-hetero) is 1. The fourth-order valence-corrected chi connectivity index (χ4v) is 3.22. The van der Waals surface area contributed by atoms with Crippen molar-refractivity contribution in [2.75, 3.05) is 0 Å². The number of carbonyl (C=O) groups is 1. The highest BCUT2D eigenvalue weighted by molar-refractivity contribution is 7.17. The van der Waals surface area contributed by atoms with Crippen LogP contribution in [0.4, 0.5) is 0 Å². The Morgan fingerprint density at radius 1 is 1.10 bits per heavy atom. The number of hydrogen-bond acceptors (Lipinski definition) is 2. The summed E-state index contributed by atoms with van der Waals surface area (Å²) in [7, 11) is 0. The molecule has 0 N–H and O–H groups in total. The van der Waals surface area contributed by atoms with Crippen LogP contribution in [0.5, 0.6) is 0 Å². The van der Waals surface area contributed by atoms with E-state index in [2.05, 4.69) is 24.4 Å². The van der Waals surface area contributed by atoms with Gasteiger partial charge >= 0.3 is 0 Å². The van der Waals surface area contributed by atoms with Gasteiger partial charge in [0.2, 0.25) is 12.3 Å². The fraction of sp³-hybridized carbons (Fsp3) is 0.176. The van der Waals surface area contributed by atoms with E-state index < -0.39 is 0 Å². The number of aromatic nitrogens is 1. The molecule has 2 heterocycles. The summed E-state index contributed by atoms with van der Waals surface area (Å²) in [5.41, 5.74) is 3.09. The second-order valence-electron chi connectivity index (χ2n) is 5.02. The van der Waals surface area contributed by atoms with Gasteiger partial charge in [0, 0.05) is 23.9 Å². The zero-order valence-corrected chi connectivity index (χ0v) is 12.4. The summed E-state index contributed by atoms with van der Waals surface area (Å²) in [4.78, 5) is 12.3. The van der Waals surface area contributed by atoms with Crippen LogP contribution in [0.2, 0.25) is 0 Å². The molecule has 0 aliphatic heterocycles. The number of benzene rings is 1. The van der Waals surface area contributed by atoms with Crippen LogP contribution in [0, 0.1) is 13.8 Å². The Morgan fingerprint density at radius 3 is 2.60 bits per heavy atom. The zero-order chi connectivity index (χ0) is 14.1. The van der Waals surface area contributed by atoms with Gasteiger partial charge in [0.15, 0.2) is 11.9 Å². The highest BCUT2D eigenvalue weighted by Gasteiger charge is 2.16. The Kier molecular flexibility index (Phi) is 3.36. The molecule has 100 valence electrons. The molecule has 0 radical (unpaired) electrons. The van der Waals surface area contributed by atoms with Crippen LogP contribution in [0.15, 0.2) is 48.0 Å². The lowest BCUT2D eigenvalue weighted by atomic mass is 10.1. The molecule has 0 spiro atoms. The maximum Gasteiger partial charge on any atom is 0.227 e. The topological polar surface area (TPSA) is 20.9 Å². The molecule has 0 amide bonds. The first-order valence-electron chi connectivity index (χ1n) is 6.61. The van der Waals surface area contributed by atoms with Crippen molar-refractivity contribution in [3.05, 3.63) is 64.8 Å². The van der Waals surface area contributed by atoms with Crippen LogP contribution in [0.3, 0.4) is 0 Å². The highest BCUT2D eigenvalue weighted by atomic mass is 32.1. The van der Waals surface area contributed by atoms with Crippen molar-refractivity contribution in [2.24, 2.45) is 0 Å². The van der Waals surface area contributed by atoms with Gasteiger partial charge in [0.1, 0.15) is 4.70 Å². The molecule has 2 nitrogen and oxygen atoms in total. The van der Waals surface area contributed by atoms with Gasteiger partial charge in [-0.15, -0.1) is 11.3 Å². The molecule has 0 fully saturated rings. The van der Waals surface area contributed by atoms with E-state index in [0.717, 1.165) is 11.3 Å². The number of pyridine rings is 1. The molecule has 0 bridgehead atoms. The monoisotopic (exact) mass is 282 g/mol. The van der Waals surface area contributed by atoms with Crippen molar-refractivity contribution >= 4 is 27.2 Å². The number of fused-ring (bicyclic) bond motifs is 1. The fourth-order valence-electron chi connectivity index (χ4n) is 2.31. The highest BCUT2D eigenvalue weighted by Crippen LogP contribution is 2.21. The Bertz CT molecular complexity index is 771. The number of aryl methyl sites for hydroxylation is 2. The molecule has 0 atom stereocenters. The number of thiophene rings is 1. The van der Waals surface area contributed by atoms with Gasteiger partial charge in [-0.05, 0) is 18.4 Å². The van der Waals surface area contributed by atoms with Crippen LogP contribution in [0.25, 0.3) is 10.1 Å². The Labute approximate surface area is 122 Å². The maximum absolute atomic E-state index is 12.3. The molecule has 3 rings (SSSR count). The molecule has 0 saturated heterocycles. The minimum atomic E-state index is 0.147. The predicted octanol–water partition coefficient (Wildman–Crippen LogP) is 3.69. The first-order chi connectivity index (χ1) is 9.65. The predicted molar refractivity (Wildman–Crippen MR) is 82.3 cm³/mol. The number of ketones is 1. The molecule has 0 aliphatic carbocycles. The Morgan fingerprint density at radius 2 is 1.85 bits per heavy atom. The smallest absolute Gasteiger partial charge is 0.227 e. The minimum absolute atomic E-state index is 0.147. The van der Waals surface area contributed by atoms with Crippen molar-refractivity contribution in [3.63, 3.8) is 0 Å². The van der Waals surface area contributed by atoms with Crippen molar-refractivity contribution < 1.29 is 9.36 Å². The van der Waals surface area contributed by atoms with Crippen LogP contribution in [-0.2, 0) is 6.54 Å². The summed E-state index contributed by atoms with van der Waals surface area (Å²) < 4.78 is 3.28. The second-order valence-corrected chi connectivity index (χ2v) is 5.94. The number of nitrogens with zero attached hydrogens (tertiary/aromatic N) is 1. The summed E-state index contributed by atoms with van der Waals surface area (Å²) >= 11 is 1.72. The first kappa shape index (κ1) is 13.0. The quantitative estimate of drug-likeness (QED) is 0.530. The van der Waals surface area contributed by atoms with Gasteiger partial charge in [-0.25, -0.2) is 0 Å². The summed E-state index contributed by atoms with van der Waals surface area (Å²) in [5, 5.41) is 3.33. The molecule has 0 aliphatic rings. The van der Waals surface area contributed by atoms with E-state index >= 15 is 0 Å². The zero-order valence-electron chi connectivity index (χ0n) is 11.6.